The van der Waals surface area contributed by atoms with Crippen molar-refractivity contribution in [2.24, 2.45) is 5.92 Å². The van der Waals surface area contributed by atoms with Gasteiger partial charge in [-0.25, -0.2) is 0 Å². The molecule has 0 aromatic rings. The molecule has 118 valence electrons. The Balaban J connectivity index is 2.42. The first kappa shape index (κ1) is 17.2. The van der Waals surface area contributed by atoms with Gasteiger partial charge in [-0.2, -0.15) is 0 Å². The highest BCUT2D eigenvalue weighted by atomic mass is 16.5. The zero-order valence-electron chi connectivity index (χ0n) is 12.6. The molecule has 1 fully saturated rings. The molecule has 0 saturated carbocycles. The maximum absolute atomic E-state index is 11.6. The number of carboxylic acids is 1. The van der Waals surface area contributed by atoms with Crippen LogP contribution in [0, 0.1) is 5.92 Å². The Bertz CT molecular complexity index is 418. The van der Waals surface area contributed by atoms with Crippen molar-refractivity contribution in [3.63, 3.8) is 0 Å². The van der Waals surface area contributed by atoms with Gasteiger partial charge in [0.1, 0.15) is 0 Å². The topological polar surface area (TPSA) is 83.9 Å². The van der Waals surface area contributed by atoms with E-state index < -0.39 is 17.9 Å². The quantitative estimate of drug-likeness (QED) is 0.418. The maximum Gasteiger partial charge on any atom is 0.324 e. The second-order valence-corrected chi connectivity index (χ2v) is 5.11. The SMILES string of the molecule is CCOC(=O)C(/C=C/CCC(C)N1CCCC1=O)C(=O)O. The fourth-order valence-electron chi connectivity index (χ4n) is 2.35. The smallest absolute Gasteiger partial charge is 0.324 e. The Morgan fingerprint density at radius 2 is 2.19 bits per heavy atom. The molecule has 1 rings (SSSR count). The molecule has 1 aliphatic rings. The third-order valence-corrected chi connectivity index (χ3v) is 3.53. The van der Waals surface area contributed by atoms with E-state index in [0.717, 1.165) is 19.4 Å². The normalized spacial score (nSPS) is 18.0. The fourth-order valence-corrected chi connectivity index (χ4v) is 2.35. The lowest BCUT2D eigenvalue weighted by molar-refractivity contribution is -0.155. The number of carboxylic acid groups (broad SMARTS) is 1. The summed E-state index contributed by atoms with van der Waals surface area (Å²) in [4.78, 5) is 35.9. The summed E-state index contributed by atoms with van der Waals surface area (Å²) in [5.74, 6) is -3.04. The number of rotatable bonds is 8. The van der Waals surface area contributed by atoms with E-state index >= 15 is 0 Å². The molecule has 6 nitrogen and oxygen atoms in total. The van der Waals surface area contributed by atoms with Gasteiger partial charge in [0, 0.05) is 19.0 Å². The first-order valence-electron chi connectivity index (χ1n) is 7.33. The van der Waals surface area contributed by atoms with Gasteiger partial charge in [-0.15, -0.1) is 0 Å². The standard InChI is InChI=1S/C15H23NO5/c1-3-21-15(20)12(14(18)19)8-5-4-7-11(2)16-10-6-9-13(16)17/h5,8,11-12H,3-4,6-7,9-10H2,1-2H3,(H,18,19)/b8-5+. The van der Waals surface area contributed by atoms with Crippen molar-refractivity contribution in [3.05, 3.63) is 12.2 Å². The van der Waals surface area contributed by atoms with Crippen LogP contribution in [-0.4, -0.2) is 47.0 Å². The predicted molar refractivity (Wildman–Crippen MR) is 76.5 cm³/mol. The lowest BCUT2D eigenvalue weighted by Gasteiger charge is -2.23. The molecule has 0 bridgehead atoms. The van der Waals surface area contributed by atoms with Crippen LogP contribution in [-0.2, 0) is 19.1 Å². The number of allylic oxidation sites excluding steroid dienone is 1. The number of likely N-dealkylation sites (tertiary alicyclic amines) is 1. The molecule has 0 aromatic heterocycles. The molecule has 1 aliphatic heterocycles. The highest BCUT2D eigenvalue weighted by molar-refractivity contribution is 5.95. The number of amides is 1. The highest BCUT2D eigenvalue weighted by Gasteiger charge is 2.25. The number of esters is 1. The first-order chi connectivity index (χ1) is 9.97. The monoisotopic (exact) mass is 297 g/mol. The van der Waals surface area contributed by atoms with Gasteiger partial charge in [0.15, 0.2) is 5.92 Å². The van der Waals surface area contributed by atoms with E-state index in [9.17, 15) is 14.4 Å². The molecule has 0 radical (unpaired) electrons. The Labute approximate surface area is 124 Å². The minimum atomic E-state index is -1.26. The molecule has 0 aromatic carbocycles. The van der Waals surface area contributed by atoms with E-state index in [2.05, 4.69) is 0 Å². The van der Waals surface area contributed by atoms with Crippen LogP contribution in [0.2, 0.25) is 0 Å². The van der Waals surface area contributed by atoms with E-state index in [0.29, 0.717) is 12.8 Å². The largest absolute Gasteiger partial charge is 0.480 e. The number of hydrogen-bond donors (Lipinski definition) is 1. The molecule has 21 heavy (non-hydrogen) atoms. The third kappa shape index (κ3) is 5.21. The Morgan fingerprint density at radius 3 is 2.71 bits per heavy atom. The molecule has 2 unspecified atom stereocenters. The van der Waals surface area contributed by atoms with Crippen LogP contribution in [0.5, 0.6) is 0 Å². The van der Waals surface area contributed by atoms with Crippen LogP contribution in [0.3, 0.4) is 0 Å². The fraction of sp³-hybridized carbons (Fsp3) is 0.667. The third-order valence-electron chi connectivity index (χ3n) is 3.53. The predicted octanol–water partition coefficient (Wildman–Crippen LogP) is 1.60. The molecule has 2 atom stereocenters. The Morgan fingerprint density at radius 1 is 1.48 bits per heavy atom. The Hall–Kier alpha value is -1.85. The lowest BCUT2D eigenvalue weighted by atomic mass is 10.1. The minimum Gasteiger partial charge on any atom is -0.480 e. The molecule has 6 heteroatoms. The summed E-state index contributed by atoms with van der Waals surface area (Å²) in [5, 5.41) is 8.98. The van der Waals surface area contributed by atoms with Gasteiger partial charge in [0.05, 0.1) is 6.61 Å². The van der Waals surface area contributed by atoms with Crippen molar-refractivity contribution in [1.82, 2.24) is 4.90 Å². The van der Waals surface area contributed by atoms with Crippen LogP contribution in [0.1, 0.15) is 39.5 Å². The summed E-state index contributed by atoms with van der Waals surface area (Å²) in [6.45, 7) is 4.57. The second-order valence-electron chi connectivity index (χ2n) is 5.11. The Kier molecular flexibility index (Phi) is 6.91. The summed E-state index contributed by atoms with van der Waals surface area (Å²) in [6, 6.07) is 0.135. The van der Waals surface area contributed by atoms with E-state index in [4.69, 9.17) is 9.84 Å². The molecule has 1 heterocycles. The van der Waals surface area contributed by atoms with Gasteiger partial charge in [-0.05, 0) is 33.1 Å². The van der Waals surface area contributed by atoms with Gasteiger partial charge in [-0.3, -0.25) is 14.4 Å². The van der Waals surface area contributed by atoms with Crippen molar-refractivity contribution in [2.75, 3.05) is 13.2 Å². The number of nitrogens with zero attached hydrogens (tertiary/aromatic N) is 1. The van der Waals surface area contributed by atoms with Crippen molar-refractivity contribution in [3.8, 4) is 0 Å². The van der Waals surface area contributed by atoms with Crippen LogP contribution >= 0.6 is 0 Å². The first-order valence-corrected chi connectivity index (χ1v) is 7.33. The number of carbonyl (C=O) groups is 3. The van der Waals surface area contributed by atoms with Crippen LogP contribution in [0.25, 0.3) is 0 Å². The lowest BCUT2D eigenvalue weighted by Crippen LogP contribution is -2.33. The molecule has 1 amide bonds. The molecule has 0 spiro atoms. The zero-order chi connectivity index (χ0) is 15.8. The molecule has 1 saturated heterocycles. The average Bonchev–Trinajstić information content (AvgIpc) is 2.84. The minimum absolute atomic E-state index is 0.135. The summed E-state index contributed by atoms with van der Waals surface area (Å²) >= 11 is 0. The molecular formula is C15H23NO5. The maximum atomic E-state index is 11.6. The number of carbonyl (C=O) groups excluding carboxylic acids is 2. The summed E-state index contributed by atoms with van der Waals surface area (Å²) < 4.78 is 4.71. The summed E-state index contributed by atoms with van der Waals surface area (Å²) in [7, 11) is 0. The van der Waals surface area contributed by atoms with Gasteiger partial charge in [0.2, 0.25) is 5.91 Å². The van der Waals surface area contributed by atoms with Crippen molar-refractivity contribution < 1.29 is 24.2 Å². The van der Waals surface area contributed by atoms with Crippen molar-refractivity contribution in [2.45, 2.75) is 45.6 Å². The van der Waals surface area contributed by atoms with Gasteiger partial charge >= 0.3 is 11.9 Å². The van der Waals surface area contributed by atoms with Gasteiger partial charge < -0.3 is 14.7 Å². The summed E-state index contributed by atoms with van der Waals surface area (Å²) in [5.41, 5.74) is 0. The highest BCUT2D eigenvalue weighted by Crippen LogP contribution is 2.17. The molecule has 1 N–H and O–H groups in total. The van der Waals surface area contributed by atoms with E-state index in [1.165, 1.54) is 6.08 Å². The number of hydrogen-bond acceptors (Lipinski definition) is 4. The van der Waals surface area contributed by atoms with E-state index in [-0.39, 0.29) is 18.6 Å². The molecule has 0 aliphatic carbocycles. The van der Waals surface area contributed by atoms with E-state index in [1.807, 2.05) is 11.8 Å². The van der Waals surface area contributed by atoms with E-state index in [1.54, 1.807) is 13.0 Å². The van der Waals surface area contributed by atoms with Crippen LogP contribution in [0.15, 0.2) is 12.2 Å². The second kappa shape index (κ2) is 8.44. The van der Waals surface area contributed by atoms with Gasteiger partial charge in [0.25, 0.3) is 0 Å². The van der Waals surface area contributed by atoms with Crippen LogP contribution in [0.4, 0.5) is 0 Å². The molecular weight excluding hydrogens is 274 g/mol. The summed E-state index contributed by atoms with van der Waals surface area (Å²) in [6.07, 6.45) is 5.92. The van der Waals surface area contributed by atoms with Crippen molar-refractivity contribution in [1.29, 1.82) is 0 Å². The van der Waals surface area contributed by atoms with Gasteiger partial charge in [-0.1, -0.05) is 12.2 Å². The zero-order valence-corrected chi connectivity index (χ0v) is 12.6. The van der Waals surface area contributed by atoms with Crippen molar-refractivity contribution >= 4 is 17.8 Å². The number of ether oxygens (including phenoxy) is 1. The number of aliphatic carboxylic acids is 1. The van der Waals surface area contributed by atoms with Crippen LogP contribution < -0.4 is 0 Å². The average molecular weight is 297 g/mol.